The largest absolute Gasteiger partial charge is 0.384 e. The summed E-state index contributed by atoms with van der Waals surface area (Å²) in [5.74, 6) is -1.41. The van der Waals surface area contributed by atoms with Crippen LogP contribution >= 0.6 is 11.6 Å². The molecule has 0 bridgehead atoms. The first-order chi connectivity index (χ1) is 5.68. The van der Waals surface area contributed by atoms with Gasteiger partial charge >= 0.3 is 11.9 Å². The molecule has 0 N–H and O–H groups in total. The van der Waals surface area contributed by atoms with Crippen LogP contribution in [0.5, 0.6) is 0 Å². The van der Waals surface area contributed by atoms with Crippen molar-refractivity contribution in [3.8, 4) is 0 Å². The summed E-state index contributed by atoms with van der Waals surface area (Å²) in [6.07, 6.45) is 1.29. The number of rotatable bonds is 0. The molecule has 0 unspecified atom stereocenters. The van der Waals surface area contributed by atoms with E-state index in [1.807, 2.05) is 0 Å². The molecule has 0 spiro atoms. The summed E-state index contributed by atoms with van der Waals surface area (Å²) in [4.78, 5) is 25.4. The number of halogens is 1. The molecule has 0 saturated carbocycles. The molecule has 1 aliphatic rings. The Morgan fingerprint density at radius 2 is 2.08 bits per heavy atom. The third-order valence-corrected chi connectivity index (χ3v) is 1.66. The maximum atomic E-state index is 10.9. The number of hydrogen-bond donors (Lipinski definition) is 0. The highest BCUT2D eigenvalue weighted by atomic mass is 35.5. The molecule has 1 aromatic rings. The molecule has 1 aromatic heterocycles. The Kier molecular flexibility index (Phi) is 1.38. The first-order valence-electron chi connectivity index (χ1n) is 3.10. The average molecular weight is 184 g/mol. The van der Waals surface area contributed by atoms with Gasteiger partial charge in [0.2, 0.25) is 0 Å². The number of cyclic esters (lactones) is 2. The summed E-state index contributed by atoms with van der Waals surface area (Å²) < 4.78 is 4.29. The number of esters is 2. The summed E-state index contributed by atoms with van der Waals surface area (Å²) in [7, 11) is 0. The van der Waals surface area contributed by atoms with E-state index in [-0.39, 0.29) is 11.3 Å². The Balaban J connectivity index is 2.68. The maximum Gasteiger partial charge on any atom is 0.365 e. The maximum absolute atomic E-state index is 10.9. The van der Waals surface area contributed by atoms with E-state index in [4.69, 9.17) is 11.6 Å². The lowest BCUT2D eigenvalue weighted by atomic mass is 10.2. The zero-order valence-electron chi connectivity index (χ0n) is 5.70. The van der Waals surface area contributed by atoms with Gasteiger partial charge in [0.25, 0.3) is 0 Å². The van der Waals surface area contributed by atoms with Crippen molar-refractivity contribution in [1.29, 1.82) is 0 Å². The molecule has 0 aromatic carbocycles. The van der Waals surface area contributed by atoms with E-state index < -0.39 is 11.9 Å². The fourth-order valence-corrected chi connectivity index (χ4v) is 1.10. The highest BCUT2D eigenvalue weighted by Gasteiger charge is 2.31. The van der Waals surface area contributed by atoms with Crippen molar-refractivity contribution in [3.63, 3.8) is 0 Å². The third-order valence-electron chi connectivity index (χ3n) is 1.45. The number of carbonyl (C=O) groups is 2. The van der Waals surface area contributed by atoms with Crippen LogP contribution in [0.4, 0.5) is 0 Å². The van der Waals surface area contributed by atoms with Gasteiger partial charge in [0.1, 0.15) is 0 Å². The van der Waals surface area contributed by atoms with Crippen LogP contribution in [0.15, 0.2) is 12.3 Å². The second-order valence-corrected chi connectivity index (χ2v) is 2.66. The first kappa shape index (κ1) is 7.24. The standard InChI is InChI=1S/C7H2ClNO3/c8-3-1-4-5(9-2-3)7(11)12-6(4)10/h1-2H. The van der Waals surface area contributed by atoms with Gasteiger partial charge in [-0.2, -0.15) is 0 Å². The Hall–Kier alpha value is -1.42. The van der Waals surface area contributed by atoms with Gasteiger partial charge in [-0.25, -0.2) is 14.6 Å². The fraction of sp³-hybridized carbons (Fsp3) is 0. The number of hydrogen-bond acceptors (Lipinski definition) is 4. The molecule has 2 rings (SSSR count). The predicted octanol–water partition coefficient (Wildman–Crippen LogP) is 1.05. The van der Waals surface area contributed by atoms with E-state index in [1.165, 1.54) is 12.3 Å². The fourth-order valence-electron chi connectivity index (χ4n) is 0.945. The van der Waals surface area contributed by atoms with Crippen molar-refractivity contribution in [1.82, 2.24) is 4.98 Å². The smallest absolute Gasteiger partial charge is 0.365 e. The van der Waals surface area contributed by atoms with Crippen LogP contribution in [0.25, 0.3) is 0 Å². The molecular formula is C7H2ClNO3. The van der Waals surface area contributed by atoms with Gasteiger partial charge < -0.3 is 4.74 Å². The minimum absolute atomic E-state index is 0.0319. The summed E-state index contributed by atoms with van der Waals surface area (Å²) in [5.41, 5.74) is 0.164. The van der Waals surface area contributed by atoms with Crippen LogP contribution in [0.3, 0.4) is 0 Å². The Morgan fingerprint density at radius 3 is 2.83 bits per heavy atom. The van der Waals surface area contributed by atoms with Crippen LogP contribution in [-0.2, 0) is 4.74 Å². The van der Waals surface area contributed by atoms with E-state index in [9.17, 15) is 9.59 Å². The summed E-state index contributed by atoms with van der Waals surface area (Å²) in [6.45, 7) is 0. The molecule has 0 atom stereocenters. The lowest BCUT2D eigenvalue weighted by Crippen LogP contribution is -1.97. The van der Waals surface area contributed by atoms with Crippen molar-refractivity contribution < 1.29 is 14.3 Å². The van der Waals surface area contributed by atoms with Crippen molar-refractivity contribution in [2.45, 2.75) is 0 Å². The van der Waals surface area contributed by atoms with Gasteiger partial charge in [0.15, 0.2) is 5.69 Å². The van der Waals surface area contributed by atoms with Crippen LogP contribution in [0, 0.1) is 0 Å². The number of carbonyl (C=O) groups excluding carboxylic acids is 2. The van der Waals surface area contributed by atoms with Gasteiger partial charge in [-0.15, -0.1) is 0 Å². The normalized spacial score (nSPS) is 14.4. The summed E-state index contributed by atoms with van der Waals surface area (Å²) in [6, 6.07) is 1.36. The van der Waals surface area contributed by atoms with Gasteiger partial charge in [-0.1, -0.05) is 11.6 Å². The second-order valence-electron chi connectivity index (χ2n) is 2.23. The van der Waals surface area contributed by atoms with Crippen LogP contribution < -0.4 is 0 Å². The minimum Gasteiger partial charge on any atom is -0.384 e. The lowest BCUT2D eigenvalue weighted by Gasteiger charge is -1.90. The monoisotopic (exact) mass is 183 g/mol. The van der Waals surface area contributed by atoms with E-state index in [1.54, 1.807) is 0 Å². The molecule has 12 heavy (non-hydrogen) atoms. The topological polar surface area (TPSA) is 56.3 Å². The van der Waals surface area contributed by atoms with Crippen LogP contribution in [-0.4, -0.2) is 16.9 Å². The third kappa shape index (κ3) is 0.887. The number of pyridine rings is 1. The van der Waals surface area contributed by atoms with Gasteiger partial charge in [0.05, 0.1) is 10.6 Å². The Labute approximate surface area is 72.1 Å². The van der Waals surface area contributed by atoms with Crippen molar-refractivity contribution in [2.75, 3.05) is 0 Å². The molecule has 5 heteroatoms. The Bertz CT molecular complexity index is 388. The van der Waals surface area contributed by atoms with Crippen molar-refractivity contribution in [2.24, 2.45) is 0 Å². The molecule has 0 fully saturated rings. The minimum atomic E-state index is -0.716. The van der Waals surface area contributed by atoms with E-state index in [0.717, 1.165) is 0 Å². The molecular weight excluding hydrogens is 182 g/mol. The molecule has 0 saturated heterocycles. The van der Waals surface area contributed by atoms with E-state index >= 15 is 0 Å². The summed E-state index contributed by atoms with van der Waals surface area (Å²) >= 11 is 5.55. The molecule has 1 aliphatic heterocycles. The summed E-state index contributed by atoms with van der Waals surface area (Å²) in [5, 5.41) is 0.306. The molecule has 2 heterocycles. The first-order valence-corrected chi connectivity index (χ1v) is 3.48. The van der Waals surface area contributed by atoms with Crippen LogP contribution in [0.2, 0.25) is 5.02 Å². The number of fused-ring (bicyclic) bond motifs is 1. The highest BCUT2D eigenvalue weighted by molar-refractivity contribution is 6.31. The second kappa shape index (κ2) is 2.28. The van der Waals surface area contributed by atoms with Gasteiger partial charge in [0, 0.05) is 6.20 Å². The molecule has 4 nitrogen and oxygen atoms in total. The van der Waals surface area contributed by atoms with Gasteiger partial charge in [-0.05, 0) is 6.07 Å². The van der Waals surface area contributed by atoms with E-state index in [2.05, 4.69) is 9.72 Å². The zero-order chi connectivity index (χ0) is 8.72. The molecule has 0 amide bonds. The van der Waals surface area contributed by atoms with Crippen molar-refractivity contribution >= 4 is 23.5 Å². The SMILES string of the molecule is O=C1OC(=O)c2ncc(Cl)cc21. The number of aromatic nitrogens is 1. The number of ether oxygens (including phenoxy) is 1. The Morgan fingerprint density at radius 1 is 1.33 bits per heavy atom. The quantitative estimate of drug-likeness (QED) is 0.446. The average Bonchev–Trinajstić information content (AvgIpc) is 2.28. The molecule has 0 aliphatic carbocycles. The predicted molar refractivity (Wildman–Crippen MR) is 39.0 cm³/mol. The van der Waals surface area contributed by atoms with Gasteiger partial charge in [-0.3, -0.25) is 0 Å². The molecule has 0 radical (unpaired) electrons. The zero-order valence-corrected chi connectivity index (χ0v) is 6.46. The van der Waals surface area contributed by atoms with Crippen LogP contribution in [0.1, 0.15) is 20.8 Å². The van der Waals surface area contributed by atoms with E-state index in [0.29, 0.717) is 5.02 Å². The molecule has 60 valence electrons. The number of nitrogens with zero attached hydrogens (tertiary/aromatic N) is 1. The highest BCUT2D eigenvalue weighted by Crippen LogP contribution is 2.20. The lowest BCUT2D eigenvalue weighted by molar-refractivity contribution is 0.0441. The van der Waals surface area contributed by atoms with Crippen molar-refractivity contribution in [3.05, 3.63) is 28.5 Å².